The second-order valence-corrected chi connectivity index (χ2v) is 8.89. The molecule has 2 nitrogen and oxygen atoms in total. The lowest BCUT2D eigenvalue weighted by Gasteiger charge is -2.19. The van der Waals surface area contributed by atoms with Gasteiger partial charge in [-0.1, -0.05) is 12.1 Å². The smallest absolute Gasteiger partial charge is 0.242 e. The van der Waals surface area contributed by atoms with Crippen LogP contribution >= 0.6 is 0 Å². The van der Waals surface area contributed by atoms with E-state index in [1.165, 1.54) is 0 Å². The summed E-state index contributed by atoms with van der Waals surface area (Å²) in [6.45, 7) is 8.18. The van der Waals surface area contributed by atoms with Crippen molar-refractivity contribution in [2.45, 2.75) is 32.7 Å². The SMILES string of the molecule is C[C@H](O)c1cccc(O[Si](C)(C)C)c1. The van der Waals surface area contributed by atoms with Gasteiger partial charge >= 0.3 is 0 Å². The van der Waals surface area contributed by atoms with Crippen LogP contribution in [0.2, 0.25) is 19.6 Å². The highest BCUT2D eigenvalue weighted by atomic mass is 28.4. The maximum absolute atomic E-state index is 9.40. The summed E-state index contributed by atoms with van der Waals surface area (Å²) in [5.41, 5.74) is 0.903. The molecule has 0 aliphatic rings. The van der Waals surface area contributed by atoms with Crippen LogP contribution in [0.4, 0.5) is 0 Å². The van der Waals surface area contributed by atoms with Crippen molar-refractivity contribution in [1.29, 1.82) is 0 Å². The molecule has 0 saturated heterocycles. The second-order valence-electron chi connectivity index (χ2n) is 4.46. The number of benzene rings is 1. The minimum absolute atomic E-state index is 0.430. The maximum atomic E-state index is 9.40. The van der Waals surface area contributed by atoms with Gasteiger partial charge in [0.15, 0.2) is 0 Å². The minimum atomic E-state index is -1.54. The summed E-state index contributed by atoms with van der Waals surface area (Å²) in [5, 5.41) is 9.40. The molecule has 1 rings (SSSR count). The van der Waals surface area contributed by atoms with Crippen molar-refractivity contribution in [3.8, 4) is 5.75 Å². The summed E-state index contributed by atoms with van der Waals surface area (Å²) < 4.78 is 5.82. The quantitative estimate of drug-likeness (QED) is 0.777. The number of rotatable bonds is 3. The Labute approximate surface area is 86.7 Å². The lowest BCUT2D eigenvalue weighted by Crippen LogP contribution is -2.29. The van der Waals surface area contributed by atoms with Crippen LogP contribution in [-0.2, 0) is 0 Å². The van der Waals surface area contributed by atoms with Gasteiger partial charge in [-0.3, -0.25) is 0 Å². The predicted octanol–water partition coefficient (Wildman–Crippen LogP) is 2.95. The third-order valence-electron chi connectivity index (χ3n) is 1.76. The second kappa shape index (κ2) is 4.15. The molecule has 3 heteroatoms. The Morgan fingerprint density at radius 3 is 2.43 bits per heavy atom. The van der Waals surface area contributed by atoms with Crippen LogP contribution in [0.3, 0.4) is 0 Å². The number of hydrogen-bond donors (Lipinski definition) is 1. The molecule has 0 heterocycles. The van der Waals surface area contributed by atoms with Gasteiger partial charge in [-0.05, 0) is 44.3 Å². The Bertz CT molecular complexity index is 302. The van der Waals surface area contributed by atoms with Gasteiger partial charge in [0, 0.05) is 0 Å². The summed E-state index contributed by atoms with van der Waals surface area (Å²) in [5.74, 6) is 0.863. The highest BCUT2D eigenvalue weighted by molar-refractivity contribution is 6.70. The minimum Gasteiger partial charge on any atom is -0.544 e. The summed E-state index contributed by atoms with van der Waals surface area (Å²) in [6.07, 6.45) is -0.430. The zero-order valence-corrected chi connectivity index (χ0v) is 10.2. The zero-order valence-electron chi connectivity index (χ0n) is 9.24. The van der Waals surface area contributed by atoms with Gasteiger partial charge in [-0.2, -0.15) is 0 Å². The van der Waals surface area contributed by atoms with Crippen LogP contribution in [0.5, 0.6) is 5.75 Å². The van der Waals surface area contributed by atoms with Gasteiger partial charge in [-0.25, -0.2) is 0 Å². The monoisotopic (exact) mass is 210 g/mol. The molecule has 1 atom stereocenters. The van der Waals surface area contributed by atoms with Gasteiger partial charge in [0.2, 0.25) is 8.32 Å². The van der Waals surface area contributed by atoms with E-state index in [2.05, 4.69) is 19.6 Å². The van der Waals surface area contributed by atoms with Crippen molar-refractivity contribution >= 4 is 8.32 Å². The predicted molar refractivity (Wildman–Crippen MR) is 61.0 cm³/mol. The molecule has 1 aromatic carbocycles. The lowest BCUT2D eigenvalue weighted by atomic mass is 10.1. The highest BCUT2D eigenvalue weighted by Gasteiger charge is 2.16. The molecule has 0 radical (unpaired) electrons. The molecular formula is C11H18O2Si. The molecule has 0 unspecified atom stereocenters. The fourth-order valence-corrected chi connectivity index (χ4v) is 2.03. The van der Waals surface area contributed by atoms with Gasteiger partial charge in [0.1, 0.15) is 5.75 Å². The van der Waals surface area contributed by atoms with Gasteiger partial charge in [0.05, 0.1) is 6.10 Å². The molecule has 0 fully saturated rings. The number of aliphatic hydroxyl groups excluding tert-OH is 1. The molecule has 1 N–H and O–H groups in total. The Morgan fingerprint density at radius 1 is 1.29 bits per heavy atom. The Balaban J connectivity index is 2.84. The Kier molecular flexibility index (Phi) is 3.34. The van der Waals surface area contributed by atoms with Crippen molar-refractivity contribution in [2.75, 3.05) is 0 Å². The van der Waals surface area contributed by atoms with Crippen LogP contribution in [-0.4, -0.2) is 13.4 Å². The molecule has 0 spiro atoms. The fraction of sp³-hybridized carbons (Fsp3) is 0.455. The third-order valence-corrected chi connectivity index (χ3v) is 2.61. The molecule has 0 saturated carbocycles. The summed E-state index contributed by atoms with van der Waals surface area (Å²) in [6, 6.07) is 7.66. The molecule has 0 aromatic heterocycles. The van der Waals surface area contributed by atoms with Crippen molar-refractivity contribution in [3.05, 3.63) is 29.8 Å². The van der Waals surface area contributed by atoms with E-state index in [1.807, 2.05) is 24.3 Å². The molecule has 0 aliphatic heterocycles. The molecule has 0 aliphatic carbocycles. The largest absolute Gasteiger partial charge is 0.544 e. The first-order valence-corrected chi connectivity index (χ1v) is 8.26. The van der Waals surface area contributed by atoms with Crippen molar-refractivity contribution in [3.63, 3.8) is 0 Å². The van der Waals surface area contributed by atoms with Gasteiger partial charge in [0.25, 0.3) is 0 Å². The molecule has 0 amide bonds. The van der Waals surface area contributed by atoms with Crippen LogP contribution in [0.15, 0.2) is 24.3 Å². The van der Waals surface area contributed by atoms with E-state index in [9.17, 15) is 5.11 Å². The van der Waals surface area contributed by atoms with Crippen LogP contribution in [0.25, 0.3) is 0 Å². The third kappa shape index (κ3) is 3.52. The summed E-state index contributed by atoms with van der Waals surface area (Å²) >= 11 is 0. The standard InChI is InChI=1S/C11H18O2Si/c1-9(12)10-6-5-7-11(8-10)13-14(2,3)4/h5-9,12H,1-4H3/t9-/m0/s1. The Morgan fingerprint density at radius 2 is 1.93 bits per heavy atom. The van der Waals surface area contributed by atoms with Crippen LogP contribution in [0, 0.1) is 0 Å². The van der Waals surface area contributed by atoms with E-state index in [0.29, 0.717) is 0 Å². The van der Waals surface area contributed by atoms with E-state index in [4.69, 9.17) is 4.43 Å². The van der Waals surface area contributed by atoms with Crippen molar-refractivity contribution in [2.24, 2.45) is 0 Å². The topological polar surface area (TPSA) is 29.5 Å². The van der Waals surface area contributed by atoms with E-state index in [0.717, 1.165) is 11.3 Å². The molecular weight excluding hydrogens is 192 g/mol. The fourth-order valence-electron chi connectivity index (χ4n) is 1.19. The molecule has 0 bridgehead atoms. The summed E-state index contributed by atoms with van der Waals surface area (Å²) in [7, 11) is -1.54. The lowest BCUT2D eigenvalue weighted by molar-refractivity contribution is 0.199. The van der Waals surface area contributed by atoms with E-state index >= 15 is 0 Å². The molecule has 14 heavy (non-hydrogen) atoms. The first kappa shape index (κ1) is 11.3. The van der Waals surface area contributed by atoms with Gasteiger partial charge in [-0.15, -0.1) is 0 Å². The Hall–Kier alpha value is -0.803. The van der Waals surface area contributed by atoms with E-state index in [-0.39, 0.29) is 0 Å². The molecule has 1 aromatic rings. The number of hydrogen-bond acceptors (Lipinski definition) is 2. The summed E-state index contributed by atoms with van der Waals surface area (Å²) in [4.78, 5) is 0. The first-order chi connectivity index (χ1) is 6.38. The zero-order chi connectivity index (χ0) is 10.8. The average molecular weight is 210 g/mol. The molecule has 78 valence electrons. The normalized spacial score (nSPS) is 13.8. The van der Waals surface area contributed by atoms with Crippen LogP contribution in [0.1, 0.15) is 18.6 Å². The number of aliphatic hydroxyl groups is 1. The van der Waals surface area contributed by atoms with Gasteiger partial charge < -0.3 is 9.53 Å². The van der Waals surface area contributed by atoms with Crippen molar-refractivity contribution < 1.29 is 9.53 Å². The van der Waals surface area contributed by atoms with Crippen molar-refractivity contribution in [1.82, 2.24) is 0 Å². The highest BCUT2D eigenvalue weighted by Crippen LogP contribution is 2.21. The van der Waals surface area contributed by atoms with E-state index in [1.54, 1.807) is 6.92 Å². The average Bonchev–Trinajstić information content (AvgIpc) is 2.01. The van der Waals surface area contributed by atoms with Crippen LogP contribution < -0.4 is 4.43 Å². The first-order valence-electron chi connectivity index (χ1n) is 4.85. The maximum Gasteiger partial charge on any atom is 0.242 e. The van der Waals surface area contributed by atoms with E-state index < -0.39 is 14.4 Å².